The Morgan fingerprint density at radius 3 is 2.45 bits per heavy atom. The standard InChI is InChI=1S/C13H14N2O5/c14-13(19)20-8-7-15-12(18)10-4-1-9(2-5-10)3-6-11(16)17/h1-6H,7-8H2,(H2,14,19)(H,15,18)(H,16,17)/b6-3+. The molecule has 0 saturated heterocycles. The molecule has 0 aliphatic rings. The molecule has 0 heterocycles. The maximum atomic E-state index is 11.7. The SMILES string of the molecule is NC(=O)OCCNC(=O)c1ccc(/C=C/C(=O)O)cc1. The monoisotopic (exact) mass is 278 g/mol. The number of carbonyl (C=O) groups is 3. The minimum atomic E-state index is -1.04. The maximum absolute atomic E-state index is 11.7. The minimum absolute atomic E-state index is 0.000502. The van der Waals surface area contributed by atoms with Gasteiger partial charge in [0.15, 0.2) is 0 Å². The van der Waals surface area contributed by atoms with Crippen molar-refractivity contribution in [2.45, 2.75) is 0 Å². The summed E-state index contributed by atoms with van der Waals surface area (Å²) in [5, 5.41) is 11.0. The van der Waals surface area contributed by atoms with Crippen LogP contribution in [0.2, 0.25) is 0 Å². The summed E-state index contributed by atoms with van der Waals surface area (Å²) in [6.45, 7) is 0.156. The Kier molecular flexibility index (Phi) is 5.76. The van der Waals surface area contributed by atoms with Crippen molar-refractivity contribution in [3.63, 3.8) is 0 Å². The molecule has 0 aliphatic heterocycles. The number of carboxylic acids is 1. The lowest BCUT2D eigenvalue weighted by atomic mass is 10.1. The minimum Gasteiger partial charge on any atom is -0.478 e. The van der Waals surface area contributed by atoms with E-state index < -0.39 is 12.1 Å². The normalized spacial score (nSPS) is 10.2. The van der Waals surface area contributed by atoms with Gasteiger partial charge in [-0.2, -0.15) is 0 Å². The third kappa shape index (κ3) is 5.67. The molecule has 1 rings (SSSR count). The van der Waals surface area contributed by atoms with Crippen molar-refractivity contribution in [3.05, 3.63) is 41.5 Å². The fraction of sp³-hybridized carbons (Fsp3) is 0.154. The zero-order chi connectivity index (χ0) is 15.0. The van der Waals surface area contributed by atoms with Crippen molar-refractivity contribution in [2.75, 3.05) is 13.2 Å². The van der Waals surface area contributed by atoms with Crippen LogP contribution in [-0.2, 0) is 9.53 Å². The number of amides is 2. The van der Waals surface area contributed by atoms with E-state index in [1.54, 1.807) is 24.3 Å². The summed E-state index contributed by atoms with van der Waals surface area (Å²) in [5.74, 6) is -1.37. The number of aliphatic carboxylic acids is 1. The van der Waals surface area contributed by atoms with Crippen LogP contribution < -0.4 is 11.1 Å². The molecule has 7 nitrogen and oxygen atoms in total. The average molecular weight is 278 g/mol. The Morgan fingerprint density at radius 2 is 1.90 bits per heavy atom. The molecule has 1 aromatic carbocycles. The Bertz CT molecular complexity index is 522. The number of rotatable bonds is 6. The van der Waals surface area contributed by atoms with E-state index >= 15 is 0 Å². The van der Waals surface area contributed by atoms with Crippen molar-refractivity contribution >= 4 is 24.0 Å². The highest BCUT2D eigenvalue weighted by Crippen LogP contribution is 2.06. The van der Waals surface area contributed by atoms with Gasteiger partial charge in [0.1, 0.15) is 6.61 Å². The summed E-state index contributed by atoms with van der Waals surface area (Å²) in [6.07, 6.45) is 1.54. The highest BCUT2D eigenvalue weighted by molar-refractivity contribution is 5.94. The number of ether oxygens (including phenoxy) is 1. The molecule has 106 valence electrons. The molecule has 0 spiro atoms. The van der Waals surface area contributed by atoms with Crippen molar-refractivity contribution in [2.24, 2.45) is 5.73 Å². The van der Waals surface area contributed by atoms with Crippen LogP contribution >= 0.6 is 0 Å². The van der Waals surface area contributed by atoms with Crippen LogP contribution in [0.1, 0.15) is 15.9 Å². The molecule has 4 N–H and O–H groups in total. The van der Waals surface area contributed by atoms with E-state index in [4.69, 9.17) is 10.8 Å². The number of nitrogens with two attached hydrogens (primary N) is 1. The summed E-state index contributed by atoms with van der Waals surface area (Å²) >= 11 is 0. The van der Waals surface area contributed by atoms with Crippen LogP contribution in [0.3, 0.4) is 0 Å². The van der Waals surface area contributed by atoms with Crippen molar-refractivity contribution in [3.8, 4) is 0 Å². The van der Waals surface area contributed by atoms with Gasteiger partial charge in [-0.25, -0.2) is 9.59 Å². The molecule has 0 unspecified atom stereocenters. The second-order valence-corrected chi connectivity index (χ2v) is 3.72. The van der Waals surface area contributed by atoms with Gasteiger partial charge >= 0.3 is 12.1 Å². The predicted molar refractivity (Wildman–Crippen MR) is 71.0 cm³/mol. The van der Waals surface area contributed by atoms with Crippen LogP contribution in [0.4, 0.5) is 4.79 Å². The van der Waals surface area contributed by atoms with Crippen LogP contribution in [0, 0.1) is 0 Å². The lowest BCUT2D eigenvalue weighted by Crippen LogP contribution is -2.28. The van der Waals surface area contributed by atoms with E-state index in [-0.39, 0.29) is 19.1 Å². The Morgan fingerprint density at radius 1 is 1.25 bits per heavy atom. The van der Waals surface area contributed by atoms with Crippen molar-refractivity contribution in [1.82, 2.24) is 5.32 Å². The fourth-order valence-corrected chi connectivity index (χ4v) is 1.33. The van der Waals surface area contributed by atoms with Gasteiger partial charge in [0.25, 0.3) is 5.91 Å². The number of nitrogens with one attached hydrogen (secondary N) is 1. The van der Waals surface area contributed by atoms with Gasteiger partial charge in [-0.1, -0.05) is 12.1 Å². The lowest BCUT2D eigenvalue weighted by molar-refractivity contribution is -0.131. The van der Waals surface area contributed by atoms with Crippen LogP contribution in [0.5, 0.6) is 0 Å². The zero-order valence-electron chi connectivity index (χ0n) is 10.5. The Labute approximate surface area is 115 Å². The van der Waals surface area contributed by atoms with Crippen molar-refractivity contribution in [1.29, 1.82) is 0 Å². The third-order valence-electron chi connectivity index (χ3n) is 2.22. The molecule has 20 heavy (non-hydrogen) atoms. The molecule has 7 heteroatoms. The van der Waals surface area contributed by atoms with Crippen LogP contribution in [0.15, 0.2) is 30.3 Å². The van der Waals surface area contributed by atoms with Gasteiger partial charge in [0.05, 0.1) is 6.54 Å². The summed E-state index contributed by atoms with van der Waals surface area (Å²) in [6, 6.07) is 6.36. The van der Waals surface area contributed by atoms with Gasteiger partial charge in [0, 0.05) is 11.6 Å². The second-order valence-electron chi connectivity index (χ2n) is 3.72. The average Bonchev–Trinajstić information content (AvgIpc) is 2.41. The molecule has 0 fully saturated rings. The first-order valence-corrected chi connectivity index (χ1v) is 5.70. The number of carboxylic acid groups (broad SMARTS) is 1. The van der Waals surface area contributed by atoms with E-state index in [1.807, 2.05) is 0 Å². The maximum Gasteiger partial charge on any atom is 0.404 e. The predicted octanol–water partition coefficient (Wildman–Crippen LogP) is 0.610. The first-order chi connectivity index (χ1) is 9.49. The van der Waals surface area contributed by atoms with Gasteiger partial charge in [-0.05, 0) is 23.8 Å². The molecule has 1 aromatic rings. The smallest absolute Gasteiger partial charge is 0.404 e. The van der Waals surface area contributed by atoms with E-state index in [9.17, 15) is 14.4 Å². The first-order valence-electron chi connectivity index (χ1n) is 5.70. The Balaban J connectivity index is 2.49. The second kappa shape index (κ2) is 7.57. The van der Waals surface area contributed by atoms with E-state index in [0.717, 1.165) is 6.08 Å². The van der Waals surface area contributed by atoms with E-state index in [0.29, 0.717) is 11.1 Å². The van der Waals surface area contributed by atoms with E-state index in [1.165, 1.54) is 6.08 Å². The number of hydrogen-bond donors (Lipinski definition) is 3. The fourth-order valence-electron chi connectivity index (χ4n) is 1.33. The highest BCUT2D eigenvalue weighted by atomic mass is 16.5. The molecule has 0 atom stereocenters. The van der Waals surface area contributed by atoms with Gasteiger partial charge < -0.3 is 20.9 Å². The van der Waals surface area contributed by atoms with Gasteiger partial charge in [0.2, 0.25) is 0 Å². The molecule has 0 aromatic heterocycles. The zero-order valence-corrected chi connectivity index (χ0v) is 10.5. The summed E-state index contributed by atoms with van der Waals surface area (Å²) in [7, 11) is 0. The van der Waals surface area contributed by atoms with Gasteiger partial charge in [-0.3, -0.25) is 4.79 Å². The first kappa shape index (κ1) is 15.2. The molecular formula is C13H14N2O5. The van der Waals surface area contributed by atoms with Crippen LogP contribution in [-0.4, -0.2) is 36.2 Å². The molecule has 0 aliphatic carbocycles. The molecular weight excluding hydrogens is 264 g/mol. The quantitative estimate of drug-likeness (QED) is 0.520. The summed E-state index contributed by atoms with van der Waals surface area (Å²) in [5.41, 5.74) is 5.85. The third-order valence-corrected chi connectivity index (χ3v) is 2.22. The summed E-state index contributed by atoms with van der Waals surface area (Å²) < 4.78 is 4.46. The summed E-state index contributed by atoms with van der Waals surface area (Å²) in [4.78, 5) is 32.3. The number of carbonyl (C=O) groups excluding carboxylic acids is 2. The number of hydrogen-bond acceptors (Lipinski definition) is 4. The molecule has 0 bridgehead atoms. The molecule has 0 saturated carbocycles. The largest absolute Gasteiger partial charge is 0.478 e. The lowest BCUT2D eigenvalue weighted by Gasteiger charge is -2.05. The molecule has 2 amide bonds. The number of benzene rings is 1. The topological polar surface area (TPSA) is 119 Å². The van der Waals surface area contributed by atoms with Gasteiger partial charge in [-0.15, -0.1) is 0 Å². The highest BCUT2D eigenvalue weighted by Gasteiger charge is 2.04. The number of primary amides is 1. The van der Waals surface area contributed by atoms with E-state index in [2.05, 4.69) is 10.1 Å². The Hall–Kier alpha value is -2.83. The van der Waals surface area contributed by atoms with Crippen molar-refractivity contribution < 1.29 is 24.2 Å². The van der Waals surface area contributed by atoms with Crippen LogP contribution in [0.25, 0.3) is 6.08 Å². The molecule has 0 radical (unpaired) electrons.